The Hall–Kier alpha value is -0.153. The maximum atomic E-state index is 10.7. The Labute approximate surface area is 107 Å². The Bertz CT molecular complexity index is 247. The Balaban J connectivity index is 2.35. The van der Waals surface area contributed by atoms with Crippen LogP contribution >= 0.6 is 0 Å². The average molecular weight is 256 g/mol. The molecule has 0 aromatic heterocycles. The van der Waals surface area contributed by atoms with Crippen LogP contribution in [0.25, 0.3) is 0 Å². The van der Waals surface area contributed by atoms with Gasteiger partial charge in [0.2, 0.25) is 0 Å². The van der Waals surface area contributed by atoms with Crippen molar-refractivity contribution in [1.82, 2.24) is 0 Å². The van der Waals surface area contributed by atoms with Crippen LogP contribution in [0, 0.1) is 11.8 Å². The second-order valence-electron chi connectivity index (χ2n) is 6.99. The molecule has 0 aliphatic heterocycles. The van der Waals surface area contributed by atoms with Crippen LogP contribution in [0.4, 0.5) is 0 Å². The second kappa shape index (κ2) is 5.66. The summed E-state index contributed by atoms with van der Waals surface area (Å²) in [6.45, 7) is 12.4. The van der Waals surface area contributed by atoms with Crippen LogP contribution in [0.5, 0.6) is 0 Å². The monoisotopic (exact) mass is 256 g/mol. The fourth-order valence-electron chi connectivity index (χ4n) is 2.03. The molecule has 1 rings (SSSR count). The van der Waals surface area contributed by atoms with Gasteiger partial charge in [-0.1, -0.05) is 20.8 Å². The van der Waals surface area contributed by atoms with Crippen molar-refractivity contribution in [2.45, 2.75) is 64.6 Å². The molecular weight excluding hydrogens is 228 g/mol. The van der Waals surface area contributed by atoms with Gasteiger partial charge in [0.15, 0.2) is 8.32 Å². The number of hydrogen-bond acceptors (Lipinski definition) is 2. The molecule has 0 amide bonds. The fraction of sp³-hybridized carbons (Fsp3) is 0.929. The predicted molar refractivity (Wildman–Crippen MR) is 74.7 cm³/mol. The molecule has 0 saturated heterocycles. The van der Waals surface area contributed by atoms with E-state index in [1.807, 2.05) is 0 Å². The van der Waals surface area contributed by atoms with Crippen molar-refractivity contribution < 1.29 is 9.22 Å². The zero-order chi connectivity index (χ0) is 13.1. The van der Waals surface area contributed by atoms with Crippen molar-refractivity contribution >= 4 is 14.6 Å². The van der Waals surface area contributed by atoms with Gasteiger partial charge in [0.1, 0.15) is 6.29 Å². The molecule has 0 spiro atoms. The molecule has 0 aromatic rings. The summed E-state index contributed by atoms with van der Waals surface area (Å²) in [5.41, 5.74) is 0. The van der Waals surface area contributed by atoms with E-state index >= 15 is 0 Å². The van der Waals surface area contributed by atoms with E-state index in [1.54, 1.807) is 0 Å². The van der Waals surface area contributed by atoms with E-state index in [0.29, 0.717) is 16.9 Å². The Morgan fingerprint density at radius 1 is 1.18 bits per heavy atom. The third kappa shape index (κ3) is 4.22. The Morgan fingerprint density at radius 2 is 1.71 bits per heavy atom. The standard InChI is InChI=1S/C14H28O2Si/c1-14(2,3)17(4,5)16-11-13-8-6-12(10-15)7-9-13/h10,12-13H,6-9,11H2,1-5H3. The minimum absolute atomic E-state index is 0.299. The normalized spacial score (nSPS) is 26.9. The smallest absolute Gasteiger partial charge is 0.191 e. The summed E-state index contributed by atoms with van der Waals surface area (Å²) >= 11 is 0. The van der Waals surface area contributed by atoms with E-state index < -0.39 is 8.32 Å². The topological polar surface area (TPSA) is 26.3 Å². The molecule has 0 atom stereocenters. The zero-order valence-corrected chi connectivity index (χ0v) is 13.1. The molecule has 0 heterocycles. The van der Waals surface area contributed by atoms with Gasteiger partial charge in [0, 0.05) is 12.5 Å². The molecule has 1 saturated carbocycles. The highest BCUT2D eigenvalue weighted by Crippen LogP contribution is 2.37. The maximum Gasteiger partial charge on any atom is 0.191 e. The van der Waals surface area contributed by atoms with Crippen LogP contribution < -0.4 is 0 Å². The number of aldehydes is 1. The summed E-state index contributed by atoms with van der Waals surface area (Å²) in [6, 6.07) is 0. The Kier molecular flexibility index (Phi) is 4.96. The van der Waals surface area contributed by atoms with Gasteiger partial charge in [-0.3, -0.25) is 0 Å². The van der Waals surface area contributed by atoms with E-state index in [2.05, 4.69) is 33.9 Å². The van der Waals surface area contributed by atoms with Crippen molar-refractivity contribution in [1.29, 1.82) is 0 Å². The van der Waals surface area contributed by atoms with Crippen molar-refractivity contribution in [3.63, 3.8) is 0 Å². The molecule has 17 heavy (non-hydrogen) atoms. The van der Waals surface area contributed by atoms with Crippen molar-refractivity contribution in [2.24, 2.45) is 11.8 Å². The largest absolute Gasteiger partial charge is 0.417 e. The lowest BCUT2D eigenvalue weighted by molar-refractivity contribution is -0.112. The molecule has 3 heteroatoms. The van der Waals surface area contributed by atoms with Gasteiger partial charge in [0.05, 0.1) is 0 Å². The molecule has 1 aliphatic rings. The van der Waals surface area contributed by atoms with Crippen LogP contribution in [-0.2, 0) is 9.22 Å². The molecular formula is C14H28O2Si. The second-order valence-corrected chi connectivity index (χ2v) is 11.8. The molecule has 100 valence electrons. The van der Waals surface area contributed by atoms with E-state index in [4.69, 9.17) is 4.43 Å². The molecule has 0 aromatic carbocycles. The number of carbonyl (C=O) groups excluding carboxylic acids is 1. The minimum Gasteiger partial charge on any atom is -0.417 e. The SMILES string of the molecule is CC(C)(C)[Si](C)(C)OCC1CCC(C=O)CC1. The van der Waals surface area contributed by atoms with Gasteiger partial charge in [-0.15, -0.1) is 0 Å². The summed E-state index contributed by atoms with van der Waals surface area (Å²) in [5, 5.41) is 0.299. The molecule has 0 radical (unpaired) electrons. The first kappa shape index (κ1) is 14.9. The van der Waals surface area contributed by atoms with Gasteiger partial charge < -0.3 is 9.22 Å². The van der Waals surface area contributed by atoms with Gasteiger partial charge in [-0.25, -0.2) is 0 Å². The summed E-state index contributed by atoms with van der Waals surface area (Å²) < 4.78 is 6.25. The average Bonchev–Trinajstić information content (AvgIpc) is 2.25. The number of hydrogen-bond donors (Lipinski definition) is 0. The van der Waals surface area contributed by atoms with Gasteiger partial charge in [-0.05, 0) is 49.7 Å². The lowest BCUT2D eigenvalue weighted by atomic mass is 9.83. The van der Waals surface area contributed by atoms with Crippen LogP contribution in [0.2, 0.25) is 18.1 Å². The van der Waals surface area contributed by atoms with Gasteiger partial charge >= 0.3 is 0 Å². The Morgan fingerprint density at radius 3 is 2.12 bits per heavy atom. The van der Waals surface area contributed by atoms with E-state index in [0.717, 1.165) is 38.6 Å². The van der Waals surface area contributed by atoms with Crippen molar-refractivity contribution in [3.05, 3.63) is 0 Å². The zero-order valence-electron chi connectivity index (χ0n) is 12.1. The molecule has 2 nitrogen and oxygen atoms in total. The van der Waals surface area contributed by atoms with Crippen LogP contribution in [0.15, 0.2) is 0 Å². The lowest BCUT2D eigenvalue weighted by Gasteiger charge is -2.38. The number of rotatable bonds is 4. The molecule has 0 bridgehead atoms. The van der Waals surface area contributed by atoms with Gasteiger partial charge in [-0.2, -0.15) is 0 Å². The van der Waals surface area contributed by atoms with Crippen molar-refractivity contribution in [2.75, 3.05) is 6.61 Å². The molecule has 1 fully saturated rings. The molecule has 1 aliphatic carbocycles. The van der Waals surface area contributed by atoms with Gasteiger partial charge in [0.25, 0.3) is 0 Å². The van der Waals surface area contributed by atoms with E-state index in [-0.39, 0.29) is 0 Å². The maximum absolute atomic E-state index is 10.7. The highest BCUT2D eigenvalue weighted by Gasteiger charge is 2.37. The van der Waals surface area contributed by atoms with Crippen LogP contribution in [0.3, 0.4) is 0 Å². The first-order valence-electron chi connectivity index (χ1n) is 6.85. The van der Waals surface area contributed by atoms with Crippen molar-refractivity contribution in [3.8, 4) is 0 Å². The number of carbonyl (C=O) groups is 1. The predicted octanol–water partition coefficient (Wildman–Crippen LogP) is 4.01. The van der Waals surface area contributed by atoms with E-state index in [1.165, 1.54) is 0 Å². The summed E-state index contributed by atoms with van der Waals surface area (Å²) in [4.78, 5) is 10.7. The first-order chi connectivity index (χ1) is 7.76. The summed E-state index contributed by atoms with van der Waals surface area (Å²) in [7, 11) is -1.58. The minimum atomic E-state index is -1.58. The third-order valence-corrected chi connectivity index (χ3v) is 9.07. The highest BCUT2D eigenvalue weighted by atomic mass is 28.4. The summed E-state index contributed by atoms with van der Waals surface area (Å²) in [5.74, 6) is 0.999. The quantitative estimate of drug-likeness (QED) is 0.561. The molecule has 0 N–H and O–H groups in total. The molecule has 0 unspecified atom stereocenters. The first-order valence-corrected chi connectivity index (χ1v) is 9.76. The van der Waals surface area contributed by atoms with Crippen LogP contribution in [0.1, 0.15) is 46.5 Å². The van der Waals surface area contributed by atoms with Crippen LogP contribution in [-0.4, -0.2) is 21.2 Å². The summed E-state index contributed by atoms with van der Waals surface area (Å²) in [6.07, 6.45) is 5.59. The fourth-order valence-corrected chi connectivity index (χ4v) is 3.12. The highest BCUT2D eigenvalue weighted by molar-refractivity contribution is 6.74. The third-order valence-electron chi connectivity index (χ3n) is 4.57. The van der Waals surface area contributed by atoms with E-state index in [9.17, 15) is 4.79 Å². The lowest BCUT2D eigenvalue weighted by Crippen LogP contribution is -2.42.